The van der Waals surface area contributed by atoms with Gasteiger partial charge in [0.15, 0.2) is 9.84 Å². The van der Waals surface area contributed by atoms with Crippen LogP contribution < -0.4 is 5.69 Å². The smallest absolute Gasteiger partial charge is 0.302 e. The molecule has 0 unspecified atom stereocenters. The van der Waals surface area contributed by atoms with E-state index in [1.807, 2.05) is 0 Å². The fourth-order valence-corrected chi connectivity index (χ4v) is 2.06. The van der Waals surface area contributed by atoms with Crippen molar-refractivity contribution >= 4 is 9.84 Å². The molecule has 0 spiro atoms. The fourth-order valence-electron chi connectivity index (χ4n) is 1.14. The van der Waals surface area contributed by atoms with Crippen LogP contribution in [0, 0.1) is 0 Å². The van der Waals surface area contributed by atoms with E-state index in [9.17, 15) is 13.2 Å². The van der Waals surface area contributed by atoms with Crippen LogP contribution in [0.15, 0.2) is 17.2 Å². The van der Waals surface area contributed by atoms with E-state index in [0.29, 0.717) is 0 Å². The average Bonchev–Trinajstić information content (AvgIpc) is 2.45. The quantitative estimate of drug-likeness (QED) is 0.734. The van der Waals surface area contributed by atoms with E-state index in [1.54, 1.807) is 33.3 Å². The lowest BCUT2D eigenvalue weighted by atomic mass is 10.6. The Morgan fingerprint density at radius 1 is 1.33 bits per heavy atom. The van der Waals surface area contributed by atoms with Gasteiger partial charge in [-0.3, -0.25) is 4.57 Å². The van der Waals surface area contributed by atoms with E-state index in [4.69, 9.17) is 0 Å². The van der Waals surface area contributed by atoms with Crippen LogP contribution in [-0.4, -0.2) is 28.6 Å². The van der Waals surface area contributed by atoms with Crippen molar-refractivity contribution in [3.05, 3.63) is 22.9 Å². The van der Waals surface area contributed by atoms with Gasteiger partial charge in [-0.1, -0.05) is 0 Å². The number of sulfone groups is 1. The molecule has 0 fully saturated rings. The second kappa shape index (κ2) is 4.22. The van der Waals surface area contributed by atoms with Crippen molar-refractivity contribution in [2.45, 2.75) is 25.6 Å². The molecule has 0 N–H and O–H groups in total. The van der Waals surface area contributed by atoms with Gasteiger partial charge in [0.2, 0.25) is 0 Å². The number of hydrogen-bond acceptors (Lipinski definition) is 3. The zero-order valence-electron chi connectivity index (χ0n) is 9.17. The highest BCUT2D eigenvalue weighted by molar-refractivity contribution is 7.91. The first-order valence-electron chi connectivity index (χ1n) is 4.78. The molecule has 0 aromatic carbocycles. The molecular weight excluding hydrogens is 216 g/mol. The van der Waals surface area contributed by atoms with Gasteiger partial charge in [0, 0.05) is 26.0 Å². The van der Waals surface area contributed by atoms with Gasteiger partial charge < -0.3 is 4.57 Å². The van der Waals surface area contributed by atoms with Crippen molar-refractivity contribution < 1.29 is 8.42 Å². The molecule has 1 heterocycles. The molecule has 0 aliphatic heterocycles. The van der Waals surface area contributed by atoms with Crippen LogP contribution in [0.2, 0.25) is 0 Å². The molecule has 0 saturated heterocycles. The van der Waals surface area contributed by atoms with Crippen LogP contribution >= 0.6 is 0 Å². The van der Waals surface area contributed by atoms with Gasteiger partial charge in [-0.25, -0.2) is 13.2 Å². The number of rotatable bonds is 4. The Labute approximate surface area is 89.3 Å². The predicted octanol–water partition coefficient (Wildman–Crippen LogP) is 0.0100. The molecule has 0 saturated carbocycles. The van der Waals surface area contributed by atoms with Crippen LogP contribution in [-0.2, 0) is 23.4 Å². The molecule has 6 heteroatoms. The molecule has 0 aliphatic carbocycles. The van der Waals surface area contributed by atoms with Gasteiger partial charge in [-0.05, 0) is 13.8 Å². The minimum absolute atomic E-state index is 0.00852. The summed E-state index contributed by atoms with van der Waals surface area (Å²) in [5, 5.41) is -0.392. The lowest BCUT2D eigenvalue weighted by molar-refractivity contribution is 0.577. The zero-order chi connectivity index (χ0) is 11.6. The molecule has 1 rings (SSSR count). The van der Waals surface area contributed by atoms with Crippen molar-refractivity contribution in [3.63, 3.8) is 0 Å². The minimum Gasteiger partial charge on any atom is -0.302 e. The maximum atomic E-state index is 11.5. The van der Waals surface area contributed by atoms with E-state index in [0.717, 1.165) is 0 Å². The van der Waals surface area contributed by atoms with E-state index >= 15 is 0 Å². The van der Waals surface area contributed by atoms with Gasteiger partial charge in [0.1, 0.15) is 0 Å². The molecule has 15 heavy (non-hydrogen) atoms. The summed E-state index contributed by atoms with van der Waals surface area (Å²) >= 11 is 0. The second-order valence-electron chi connectivity index (χ2n) is 3.80. The summed E-state index contributed by atoms with van der Waals surface area (Å²) in [5.74, 6) is 0.00852. The van der Waals surface area contributed by atoms with E-state index in [-0.39, 0.29) is 18.0 Å². The number of aryl methyl sites for hydroxylation is 2. The standard InChI is InChI=1S/C9H16N2O3S/c1-8(2)15(13,14)7-6-11-5-4-10(3)9(11)12/h4-5,8H,6-7H2,1-3H3. The van der Waals surface area contributed by atoms with Crippen LogP contribution in [0.4, 0.5) is 0 Å². The maximum absolute atomic E-state index is 11.5. The minimum atomic E-state index is -3.07. The second-order valence-corrected chi connectivity index (χ2v) is 6.48. The van der Waals surface area contributed by atoms with E-state index in [1.165, 1.54) is 9.13 Å². The Hall–Kier alpha value is -1.04. The first-order valence-corrected chi connectivity index (χ1v) is 6.49. The van der Waals surface area contributed by atoms with Crippen LogP contribution in [0.1, 0.15) is 13.8 Å². The third-order valence-electron chi connectivity index (χ3n) is 2.35. The monoisotopic (exact) mass is 232 g/mol. The molecule has 1 aromatic heterocycles. The van der Waals surface area contributed by atoms with Crippen LogP contribution in [0.3, 0.4) is 0 Å². The zero-order valence-corrected chi connectivity index (χ0v) is 9.99. The van der Waals surface area contributed by atoms with Gasteiger partial charge in [0.25, 0.3) is 0 Å². The number of nitrogens with zero attached hydrogens (tertiary/aromatic N) is 2. The Bertz CT molecular complexity index is 482. The van der Waals surface area contributed by atoms with E-state index in [2.05, 4.69) is 0 Å². The fraction of sp³-hybridized carbons (Fsp3) is 0.667. The third kappa shape index (κ3) is 2.71. The van der Waals surface area contributed by atoms with Gasteiger partial charge in [-0.2, -0.15) is 0 Å². The SMILES string of the molecule is CC(C)S(=O)(=O)CCn1ccn(C)c1=O. The molecule has 0 aliphatic rings. The first-order chi connectivity index (χ1) is 6.84. The summed E-state index contributed by atoms with van der Waals surface area (Å²) in [7, 11) is -1.44. The average molecular weight is 232 g/mol. The van der Waals surface area contributed by atoms with Crippen molar-refractivity contribution in [2.75, 3.05) is 5.75 Å². The highest BCUT2D eigenvalue weighted by Gasteiger charge is 2.16. The maximum Gasteiger partial charge on any atom is 0.327 e. The van der Waals surface area contributed by atoms with Crippen molar-refractivity contribution in [2.24, 2.45) is 7.05 Å². The molecule has 0 radical (unpaired) electrons. The number of hydrogen-bond donors (Lipinski definition) is 0. The van der Waals surface area contributed by atoms with Crippen molar-refractivity contribution in [1.29, 1.82) is 0 Å². The predicted molar refractivity (Wildman–Crippen MR) is 58.6 cm³/mol. The van der Waals surface area contributed by atoms with Gasteiger partial charge >= 0.3 is 5.69 Å². The summed E-state index contributed by atoms with van der Waals surface area (Å²) in [6.07, 6.45) is 3.21. The summed E-state index contributed by atoms with van der Waals surface area (Å²) in [6, 6.07) is 0. The first kappa shape index (κ1) is 12.0. The third-order valence-corrected chi connectivity index (χ3v) is 4.54. The number of aromatic nitrogens is 2. The van der Waals surface area contributed by atoms with Crippen molar-refractivity contribution in [3.8, 4) is 0 Å². The number of imidazole rings is 1. The van der Waals surface area contributed by atoms with Crippen molar-refractivity contribution in [1.82, 2.24) is 9.13 Å². The largest absolute Gasteiger partial charge is 0.327 e. The molecule has 1 aromatic rings. The van der Waals surface area contributed by atoms with Gasteiger partial charge in [0.05, 0.1) is 11.0 Å². The lowest BCUT2D eigenvalue weighted by Gasteiger charge is -2.07. The molecular formula is C9H16N2O3S. The Kier molecular flexibility index (Phi) is 3.38. The van der Waals surface area contributed by atoms with Gasteiger partial charge in [-0.15, -0.1) is 0 Å². The van der Waals surface area contributed by atoms with Crippen LogP contribution in [0.25, 0.3) is 0 Å². The van der Waals surface area contributed by atoms with E-state index < -0.39 is 15.1 Å². The molecule has 86 valence electrons. The Morgan fingerprint density at radius 3 is 2.33 bits per heavy atom. The molecule has 0 bridgehead atoms. The topological polar surface area (TPSA) is 61.1 Å². The summed E-state index contributed by atoms with van der Waals surface area (Å²) < 4.78 is 25.8. The summed E-state index contributed by atoms with van der Waals surface area (Å²) in [6.45, 7) is 3.51. The normalized spacial score (nSPS) is 12.3. The summed E-state index contributed by atoms with van der Waals surface area (Å²) in [4.78, 5) is 11.4. The van der Waals surface area contributed by atoms with Crippen LogP contribution in [0.5, 0.6) is 0 Å². The molecule has 5 nitrogen and oxygen atoms in total. The molecule has 0 atom stereocenters. The Balaban J connectivity index is 2.75. The summed E-state index contributed by atoms with van der Waals surface area (Å²) in [5.41, 5.74) is -0.186. The molecule has 0 amide bonds. The Morgan fingerprint density at radius 2 is 1.93 bits per heavy atom. The highest BCUT2D eigenvalue weighted by Crippen LogP contribution is 2.01. The highest BCUT2D eigenvalue weighted by atomic mass is 32.2. The lowest BCUT2D eigenvalue weighted by Crippen LogP contribution is -2.27.